The summed E-state index contributed by atoms with van der Waals surface area (Å²) in [6.45, 7) is 9.11. The van der Waals surface area contributed by atoms with Crippen molar-refractivity contribution in [2.45, 2.75) is 116 Å². The molecule has 18 nitrogen and oxygen atoms in total. The number of anilines is 1. The van der Waals surface area contributed by atoms with Crippen LogP contribution in [0.5, 0.6) is 0 Å². The predicted octanol–water partition coefficient (Wildman–Crippen LogP) is 0.0577. The van der Waals surface area contributed by atoms with Crippen LogP contribution in [0.2, 0.25) is 0 Å². The second kappa shape index (κ2) is 25.6. The third-order valence-corrected chi connectivity index (χ3v) is 10.3. The molecule has 324 valence electrons. The van der Waals surface area contributed by atoms with Crippen LogP contribution < -0.4 is 43.4 Å². The number of aliphatic carboxylic acids is 1. The van der Waals surface area contributed by atoms with E-state index >= 15 is 0 Å². The highest BCUT2D eigenvalue weighted by atomic mass is 32.2. The van der Waals surface area contributed by atoms with E-state index in [1.54, 1.807) is 30.3 Å². The fourth-order valence-corrected chi connectivity index (χ4v) is 7.14. The minimum Gasteiger partial charge on any atom is -0.480 e. The van der Waals surface area contributed by atoms with Crippen molar-refractivity contribution in [3.05, 3.63) is 30.3 Å². The Morgan fingerprint density at radius 1 is 0.759 bits per heavy atom. The number of para-hydroxylation sites is 1. The summed E-state index contributed by atoms with van der Waals surface area (Å²) < 4.78 is 0. The van der Waals surface area contributed by atoms with E-state index in [0.29, 0.717) is 37.9 Å². The molecule has 1 aromatic carbocycles. The summed E-state index contributed by atoms with van der Waals surface area (Å²) in [4.78, 5) is 106. The Labute approximate surface area is 344 Å². The molecule has 1 aliphatic rings. The topological polar surface area (TPSA) is 284 Å². The summed E-state index contributed by atoms with van der Waals surface area (Å²) in [5.74, 6) is -5.62. The van der Waals surface area contributed by atoms with Crippen molar-refractivity contribution in [3.8, 4) is 0 Å². The number of carbonyl (C=O) groups excluding carboxylic acids is 7. The molecule has 58 heavy (non-hydrogen) atoms. The lowest BCUT2D eigenvalue weighted by Crippen LogP contribution is -2.60. The van der Waals surface area contributed by atoms with Crippen LogP contribution >= 0.6 is 11.8 Å². The standard InChI is InChI=1S/C39H63N9O9S/c1-23(2)18-28(45-36(53)30(47-34(51)25(5)42-32(49)20-41)21-58-22-33(50)43-26-12-7-6-8-13-26)35(52)46-29(19-24(3)4)38(55)48-17-11-15-31(48)37(54)44-27(39(56)57)14-9-10-16-40/h6-8,12-13,23-25,27-31H,9-11,14-22,40-41H2,1-5H3,(H,42,49)(H,43,50)(H,44,54)(H,45,53)(H,46,52)(H,47,51)(H,56,57)/t25-,27-,28-,29-,30-,31-/m0/s1. The van der Waals surface area contributed by atoms with Crippen LogP contribution in [0, 0.1) is 11.8 Å². The zero-order chi connectivity index (χ0) is 43.4. The summed E-state index contributed by atoms with van der Waals surface area (Å²) in [5.41, 5.74) is 11.5. The number of nitrogens with one attached hydrogen (secondary N) is 6. The molecule has 1 saturated heterocycles. The molecule has 0 saturated carbocycles. The van der Waals surface area contributed by atoms with Crippen LogP contribution in [0.3, 0.4) is 0 Å². The Balaban J connectivity index is 2.26. The van der Waals surface area contributed by atoms with Gasteiger partial charge in [-0.15, -0.1) is 11.8 Å². The molecule has 1 aliphatic heterocycles. The number of carbonyl (C=O) groups is 8. The number of rotatable bonds is 25. The minimum absolute atomic E-state index is 0.0658. The van der Waals surface area contributed by atoms with Gasteiger partial charge in [0.2, 0.25) is 41.4 Å². The van der Waals surface area contributed by atoms with Gasteiger partial charge in [0, 0.05) is 18.0 Å². The van der Waals surface area contributed by atoms with E-state index < -0.39 is 77.7 Å². The fourth-order valence-electron chi connectivity index (χ4n) is 6.30. The maximum Gasteiger partial charge on any atom is 0.326 e. The first kappa shape index (κ1) is 49.4. The Morgan fingerprint density at radius 3 is 1.97 bits per heavy atom. The van der Waals surface area contributed by atoms with Crippen LogP contribution in [-0.4, -0.2) is 125 Å². The number of hydrogen-bond acceptors (Lipinski definition) is 11. The Hall–Kier alpha value is -4.75. The first-order valence-electron chi connectivity index (χ1n) is 19.8. The van der Waals surface area contributed by atoms with E-state index in [0.717, 1.165) is 11.8 Å². The molecular weight excluding hydrogens is 771 g/mol. The van der Waals surface area contributed by atoms with Gasteiger partial charge in [0.1, 0.15) is 36.3 Å². The predicted molar refractivity (Wildman–Crippen MR) is 221 cm³/mol. The van der Waals surface area contributed by atoms with Gasteiger partial charge in [0.25, 0.3) is 0 Å². The van der Waals surface area contributed by atoms with Gasteiger partial charge < -0.3 is 53.4 Å². The molecular formula is C39H63N9O9S. The van der Waals surface area contributed by atoms with Gasteiger partial charge in [-0.3, -0.25) is 33.6 Å². The van der Waals surface area contributed by atoms with Gasteiger partial charge in [0.05, 0.1) is 12.3 Å². The number of nitrogens with zero attached hydrogens (tertiary/aromatic N) is 1. The van der Waals surface area contributed by atoms with Crippen molar-refractivity contribution in [3.63, 3.8) is 0 Å². The van der Waals surface area contributed by atoms with Crippen LogP contribution in [0.1, 0.15) is 79.6 Å². The van der Waals surface area contributed by atoms with Gasteiger partial charge >= 0.3 is 5.97 Å². The molecule has 1 aromatic rings. The van der Waals surface area contributed by atoms with Gasteiger partial charge in [-0.05, 0) is 82.4 Å². The number of thioether (sulfide) groups is 1. The molecule has 0 aliphatic carbocycles. The van der Waals surface area contributed by atoms with Crippen molar-refractivity contribution in [1.82, 2.24) is 31.5 Å². The summed E-state index contributed by atoms with van der Waals surface area (Å²) >= 11 is 1.07. The van der Waals surface area contributed by atoms with Crippen LogP contribution in [0.15, 0.2) is 30.3 Å². The molecule has 2 rings (SSSR count). The lowest BCUT2D eigenvalue weighted by atomic mass is 9.99. The molecule has 7 amide bonds. The number of benzene rings is 1. The van der Waals surface area contributed by atoms with Gasteiger partial charge in [0.15, 0.2) is 0 Å². The Morgan fingerprint density at radius 2 is 1.36 bits per heavy atom. The summed E-state index contributed by atoms with van der Waals surface area (Å²) in [6.07, 6.45) is 2.46. The molecule has 0 aromatic heterocycles. The highest BCUT2D eigenvalue weighted by Gasteiger charge is 2.40. The molecule has 0 bridgehead atoms. The number of amides is 7. The van der Waals surface area contributed by atoms with Gasteiger partial charge in [-0.2, -0.15) is 0 Å². The van der Waals surface area contributed by atoms with Crippen molar-refractivity contribution in [2.24, 2.45) is 23.3 Å². The maximum absolute atomic E-state index is 14.1. The summed E-state index contributed by atoms with van der Waals surface area (Å²) in [5, 5.41) is 25.6. The highest BCUT2D eigenvalue weighted by molar-refractivity contribution is 8.00. The molecule has 1 fully saturated rings. The number of carboxylic acid groups (broad SMARTS) is 1. The zero-order valence-electron chi connectivity index (χ0n) is 34.2. The van der Waals surface area contributed by atoms with Crippen molar-refractivity contribution in [1.29, 1.82) is 0 Å². The SMILES string of the molecule is CC(C)C[C@H](NC(=O)[C@H](CSCC(=O)Nc1ccccc1)NC(=O)[C@H](C)NC(=O)CN)C(=O)N[C@@H](CC(C)C)C(=O)N1CCC[C@H]1C(=O)N[C@@H](CCCCN)C(=O)O. The molecule has 0 unspecified atom stereocenters. The van der Waals surface area contributed by atoms with E-state index in [1.807, 2.05) is 27.7 Å². The second-order valence-electron chi connectivity index (χ2n) is 15.2. The average Bonchev–Trinajstić information content (AvgIpc) is 3.66. The minimum atomic E-state index is -1.25. The third-order valence-electron chi connectivity index (χ3n) is 9.23. The quantitative estimate of drug-likeness (QED) is 0.0592. The highest BCUT2D eigenvalue weighted by Crippen LogP contribution is 2.21. The lowest BCUT2D eigenvalue weighted by molar-refractivity contribution is -0.145. The van der Waals surface area contributed by atoms with Crippen molar-refractivity contribution < 1.29 is 43.5 Å². The molecule has 0 spiro atoms. The van der Waals surface area contributed by atoms with E-state index in [2.05, 4.69) is 31.9 Å². The Kier molecular flexibility index (Phi) is 21.8. The largest absolute Gasteiger partial charge is 0.480 e. The fraction of sp³-hybridized carbons (Fsp3) is 0.641. The molecule has 1 heterocycles. The third kappa shape index (κ3) is 17.4. The van der Waals surface area contributed by atoms with E-state index in [4.69, 9.17) is 11.5 Å². The first-order valence-corrected chi connectivity index (χ1v) is 21.0. The van der Waals surface area contributed by atoms with E-state index in [9.17, 15) is 43.5 Å². The van der Waals surface area contributed by atoms with Crippen LogP contribution in [0.25, 0.3) is 0 Å². The number of nitrogens with two attached hydrogens (primary N) is 2. The molecule has 6 atom stereocenters. The smallest absolute Gasteiger partial charge is 0.326 e. The van der Waals surface area contributed by atoms with Crippen molar-refractivity contribution in [2.75, 3.05) is 36.5 Å². The molecule has 19 heteroatoms. The summed E-state index contributed by atoms with van der Waals surface area (Å²) in [7, 11) is 0. The first-order chi connectivity index (χ1) is 27.5. The summed E-state index contributed by atoms with van der Waals surface area (Å²) in [6, 6.07) is 2.17. The number of unbranched alkanes of at least 4 members (excludes halogenated alkanes) is 1. The van der Waals surface area contributed by atoms with E-state index in [-0.39, 0.29) is 61.6 Å². The van der Waals surface area contributed by atoms with Crippen molar-refractivity contribution >= 4 is 64.8 Å². The van der Waals surface area contributed by atoms with Gasteiger partial charge in [-0.1, -0.05) is 45.9 Å². The second-order valence-corrected chi connectivity index (χ2v) is 16.3. The number of hydrogen-bond donors (Lipinski definition) is 9. The monoisotopic (exact) mass is 833 g/mol. The normalized spacial score (nSPS) is 16.4. The molecule has 0 radical (unpaired) electrons. The lowest BCUT2D eigenvalue weighted by Gasteiger charge is -2.31. The number of carboxylic acids is 1. The average molecular weight is 834 g/mol. The molecule has 11 N–H and O–H groups in total. The maximum atomic E-state index is 14.1. The van der Waals surface area contributed by atoms with E-state index in [1.165, 1.54) is 11.8 Å². The Bertz CT molecular complexity index is 1550. The number of likely N-dealkylation sites (tertiary alicyclic amines) is 1. The van der Waals surface area contributed by atoms with Crippen LogP contribution in [0.4, 0.5) is 5.69 Å². The zero-order valence-corrected chi connectivity index (χ0v) is 35.0. The van der Waals surface area contributed by atoms with Crippen LogP contribution in [-0.2, 0) is 38.4 Å². The van der Waals surface area contributed by atoms with Gasteiger partial charge in [-0.25, -0.2) is 4.79 Å².